The number of halogens is 1. The number of carboxylic acid groups (broad SMARTS) is 1. The average Bonchev–Trinajstić information content (AvgIpc) is 3.18. The number of carboxylic acids is 1. The van der Waals surface area contributed by atoms with Crippen molar-refractivity contribution in [1.29, 1.82) is 0 Å². The van der Waals surface area contributed by atoms with E-state index in [0.29, 0.717) is 5.02 Å². The number of amides is 1. The Kier molecular flexibility index (Phi) is 4.33. The van der Waals surface area contributed by atoms with E-state index in [2.05, 4.69) is 0 Å². The maximum Gasteiger partial charge on any atom is 0.308 e. The molecule has 5 heteroatoms. The predicted molar refractivity (Wildman–Crippen MR) is 76.7 cm³/mol. The first-order valence-electron chi connectivity index (χ1n) is 6.64. The van der Waals surface area contributed by atoms with Crippen molar-refractivity contribution in [2.24, 2.45) is 11.8 Å². The molecule has 20 heavy (non-hydrogen) atoms. The highest BCUT2D eigenvalue weighted by atomic mass is 35.5. The van der Waals surface area contributed by atoms with E-state index in [1.807, 2.05) is 24.3 Å². The quantitative estimate of drug-likeness (QED) is 0.908. The third-order valence-electron chi connectivity index (χ3n) is 3.76. The van der Waals surface area contributed by atoms with Crippen molar-refractivity contribution in [1.82, 2.24) is 4.90 Å². The van der Waals surface area contributed by atoms with Crippen LogP contribution in [0.3, 0.4) is 0 Å². The molecule has 2 rings (SSSR count). The number of nitrogens with zero attached hydrogens (tertiary/aromatic N) is 1. The van der Waals surface area contributed by atoms with Crippen LogP contribution in [-0.4, -0.2) is 35.5 Å². The van der Waals surface area contributed by atoms with Gasteiger partial charge in [0.2, 0.25) is 5.91 Å². The normalized spacial score (nSPS) is 22.1. The van der Waals surface area contributed by atoms with Gasteiger partial charge in [-0.15, -0.1) is 0 Å². The monoisotopic (exact) mass is 295 g/mol. The smallest absolute Gasteiger partial charge is 0.308 e. The Morgan fingerprint density at radius 3 is 2.70 bits per heavy atom. The second-order valence-corrected chi connectivity index (χ2v) is 5.84. The van der Waals surface area contributed by atoms with Gasteiger partial charge >= 0.3 is 5.97 Å². The SMILES string of the molecule is C[C@H](CN(C)C(=O)[C@@H]1C[C@H]1c1ccccc1Cl)C(=O)O. The summed E-state index contributed by atoms with van der Waals surface area (Å²) in [6, 6.07) is 7.55. The summed E-state index contributed by atoms with van der Waals surface area (Å²) in [5, 5.41) is 9.57. The Morgan fingerprint density at radius 2 is 2.10 bits per heavy atom. The Hall–Kier alpha value is -1.55. The maximum absolute atomic E-state index is 12.2. The lowest BCUT2D eigenvalue weighted by Gasteiger charge is -2.19. The first kappa shape index (κ1) is 14.9. The summed E-state index contributed by atoms with van der Waals surface area (Å²) >= 11 is 6.13. The molecule has 0 saturated heterocycles. The Bertz CT molecular complexity index is 532. The molecular weight excluding hydrogens is 278 g/mol. The Labute approximate surface area is 123 Å². The number of carbonyl (C=O) groups excluding carboxylic acids is 1. The molecule has 1 N–H and O–H groups in total. The van der Waals surface area contributed by atoms with Crippen molar-refractivity contribution in [3.05, 3.63) is 34.9 Å². The van der Waals surface area contributed by atoms with E-state index in [1.54, 1.807) is 14.0 Å². The van der Waals surface area contributed by atoms with Crippen molar-refractivity contribution < 1.29 is 14.7 Å². The molecule has 1 amide bonds. The minimum Gasteiger partial charge on any atom is -0.481 e. The van der Waals surface area contributed by atoms with Gasteiger partial charge in [0.25, 0.3) is 0 Å². The van der Waals surface area contributed by atoms with Crippen molar-refractivity contribution in [2.75, 3.05) is 13.6 Å². The van der Waals surface area contributed by atoms with E-state index in [0.717, 1.165) is 12.0 Å². The largest absolute Gasteiger partial charge is 0.481 e. The number of benzene rings is 1. The minimum absolute atomic E-state index is 0.00280. The van der Waals surface area contributed by atoms with E-state index in [1.165, 1.54) is 4.90 Å². The van der Waals surface area contributed by atoms with Crippen LogP contribution in [0.5, 0.6) is 0 Å². The summed E-state index contributed by atoms with van der Waals surface area (Å²) < 4.78 is 0. The molecule has 0 aliphatic heterocycles. The number of carbonyl (C=O) groups is 2. The minimum atomic E-state index is -0.886. The third-order valence-corrected chi connectivity index (χ3v) is 4.10. The lowest BCUT2D eigenvalue weighted by Crippen LogP contribution is -2.34. The topological polar surface area (TPSA) is 57.6 Å². The van der Waals surface area contributed by atoms with E-state index in [9.17, 15) is 9.59 Å². The zero-order chi connectivity index (χ0) is 14.9. The molecule has 108 valence electrons. The van der Waals surface area contributed by atoms with Crippen molar-refractivity contribution in [3.63, 3.8) is 0 Å². The lowest BCUT2D eigenvalue weighted by molar-refractivity contribution is -0.142. The predicted octanol–water partition coefficient (Wildman–Crippen LogP) is 2.62. The summed E-state index contributed by atoms with van der Waals surface area (Å²) in [5.74, 6) is -1.34. The number of hydrogen-bond donors (Lipinski definition) is 1. The van der Waals surface area contributed by atoms with Crippen molar-refractivity contribution >= 4 is 23.5 Å². The van der Waals surface area contributed by atoms with Crippen molar-refractivity contribution in [3.8, 4) is 0 Å². The van der Waals surface area contributed by atoms with Gasteiger partial charge in [0.15, 0.2) is 0 Å². The molecule has 0 heterocycles. The maximum atomic E-state index is 12.2. The molecule has 1 aromatic carbocycles. The molecule has 4 nitrogen and oxygen atoms in total. The number of hydrogen-bond acceptors (Lipinski definition) is 2. The van der Waals surface area contributed by atoms with Crippen LogP contribution in [0.15, 0.2) is 24.3 Å². The summed E-state index contributed by atoms with van der Waals surface area (Å²) in [6.07, 6.45) is 0.786. The van der Waals surface area contributed by atoms with Crippen LogP contribution in [0.2, 0.25) is 5.02 Å². The molecule has 1 aliphatic rings. The van der Waals surface area contributed by atoms with Crippen LogP contribution in [0, 0.1) is 11.8 Å². The molecular formula is C15H18ClNO3. The number of rotatable bonds is 5. The average molecular weight is 296 g/mol. The molecule has 1 fully saturated rings. The lowest BCUT2D eigenvalue weighted by atomic mass is 10.1. The van der Waals surface area contributed by atoms with Gasteiger partial charge in [-0.1, -0.05) is 36.7 Å². The second kappa shape index (κ2) is 5.83. The third kappa shape index (κ3) is 3.12. The van der Waals surface area contributed by atoms with E-state index in [-0.39, 0.29) is 24.3 Å². The molecule has 0 radical (unpaired) electrons. The fraction of sp³-hybridized carbons (Fsp3) is 0.467. The zero-order valence-corrected chi connectivity index (χ0v) is 12.3. The van der Waals surface area contributed by atoms with Crippen LogP contribution < -0.4 is 0 Å². The van der Waals surface area contributed by atoms with Gasteiger partial charge in [0.05, 0.1) is 5.92 Å². The Balaban J connectivity index is 1.96. The van der Waals surface area contributed by atoms with E-state index >= 15 is 0 Å². The van der Waals surface area contributed by atoms with Crippen LogP contribution >= 0.6 is 11.6 Å². The molecule has 0 spiro atoms. The van der Waals surface area contributed by atoms with Crippen LogP contribution in [-0.2, 0) is 9.59 Å². The van der Waals surface area contributed by atoms with Gasteiger partial charge in [0.1, 0.15) is 0 Å². The summed E-state index contributed by atoms with van der Waals surface area (Å²) in [7, 11) is 1.66. The Morgan fingerprint density at radius 1 is 1.45 bits per heavy atom. The van der Waals surface area contributed by atoms with Crippen LogP contribution in [0.4, 0.5) is 0 Å². The standard InChI is InChI=1S/C15H18ClNO3/c1-9(15(19)20)8-17(2)14(18)12-7-11(12)10-5-3-4-6-13(10)16/h3-6,9,11-12H,7-8H2,1-2H3,(H,19,20)/t9-,11+,12-/m1/s1. The van der Waals surface area contributed by atoms with Crippen LogP contribution in [0.1, 0.15) is 24.8 Å². The van der Waals surface area contributed by atoms with Gasteiger partial charge in [-0.25, -0.2) is 0 Å². The van der Waals surface area contributed by atoms with Crippen LogP contribution in [0.25, 0.3) is 0 Å². The summed E-state index contributed by atoms with van der Waals surface area (Å²) in [5.41, 5.74) is 1.01. The highest BCUT2D eigenvalue weighted by molar-refractivity contribution is 6.31. The van der Waals surface area contributed by atoms with Gasteiger partial charge < -0.3 is 10.0 Å². The first-order chi connectivity index (χ1) is 9.41. The van der Waals surface area contributed by atoms with E-state index in [4.69, 9.17) is 16.7 Å². The fourth-order valence-electron chi connectivity index (χ4n) is 2.45. The molecule has 3 atom stereocenters. The molecule has 1 saturated carbocycles. The molecule has 1 aromatic rings. The first-order valence-corrected chi connectivity index (χ1v) is 7.01. The van der Waals surface area contributed by atoms with Gasteiger partial charge in [-0.05, 0) is 24.0 Å². The van der Waals surface area contributed by atoms with Gasteiger partial charge in [-0.3, -0.25) is 9.59 Å². The fourth-order valence-corrected chi connectivity index (χ4v) is 2.73. The van der Waals surface area contributed by atoms with E-state index < -0.39 is 11.9 Å². The van der Waals surface area contributed by atoms with Gasteiger partial charge in [-0.2, -0.15) is 0 Å². The molecule has 0 aromatic heterocycles. The highest BCUT2D eigenvalue weighted by Gasteiger charge is 2.46. The highest BCUT2D eigenvalue weighted by Crippen LogP contribution is 2.50. The molecule has 1 aliphatic carbocycles. The summed E-state index contributed by atoms with van der Waals surface area (Å²) in [6.45, 7) is 1.84. The molecule has 0 unspecified atom stereocenters. The molecule has 0 bridgehead atoms. The zero-order valence-electron chi connectivity index (χ0n) is 11.5. The summed E-state index contributed by atoms with van der Waals surface area (Å²) in [4.78, 5) is 24.6. The van der Waals surface area contributed by atoms with Crippen molar-refractivity contribution in [2.45, 2.75) is 19.3 Å². The van der Waals surface area contributed by atoms with Gasteiger partial charge in [0, 0.05) is 24.5 Å². The number of aliphatic carboxylic acids is 1. The second-order valence-electron chi connectivity index (χ2n) is 5.43.